The van der Waals surface area contributed by atoms with Gasteiger partial charge in [0.2, 0.25) is 5.91 Å². The SMILES string of the molecule is COc1cccc(CCNC(=O)/C=C/c2cccnc2)c1. The second kappa shape index (κ2) is 7.85. The van der Waals surface area contributed by atoms with E-state index in [9.17, 15) is 4.79 Å². The van der Waals surface area contributed by atoms with E-state index in [4.69, 9.17) is 4.74 Å². The number of rotatable bonds is 6. The van der Waals surface area contributed by atoms with E-state index in [0.29, 0.717) is 6.54 Å². The molecule has 1 heterocycles. The maximum Gasteiger partial charge on any atom is 0.244 e. The molecule has 4 nitrogen and oxygen atoms in total. The van der Waals surface area contributed by atoms with Gasteiger partial charge in [-0.15, -0.1) is 0 Å². The molecule has 21 heavy (non-hydrogen) atoms. The highest BCUT2D eigenvalue weighted by Crippen LogP contribution is 2.12. The monoisotopic (exact) mass is 282 g/mol. The lowest BCUT2D eigenvalue weighted by molar-refractivity contribution is -0.116. The van der Waals surface area contributed by atoms with Crippen LogP contribution in [0, 0.1) is 0 Å². The minimum absolute atomic E-state index is 0.109. The summed E-state index contributed by atoms with van der Waals surface area (Å²) in [5.41, 5.74) is 2.03. The highest BCUT2D eigenvalue weighted by Gasteiger charge is 1.98. The molecule has 0 fully saturated rings. The Morgan fingerprint density at radius 2 is 2.24 bits per heavy atom. The molecule has 2 aromatic rings. The molecule has 0 radical (unpaired) electrons. The minimum Gasteiger partial charge on any atom is -0.497 e. The van der Waals surface area contributed by atoms with Crippen LogP contribution in [0.4, 0.5) is 0 Å². The summed E-state index contributed by atoms with van der Waals surface area (Å²) in [5.74, 6) is 0.719. The van der Waals surface area contributed by atoms with Crippen LogP contribution in [0.1, 0.15) is 11.1 Å². The number of hydrogen-bond donors (Lipinski definition) is 1. The smallest absolute Gasteiger partial charge is 0.244 e. The van der Waals surface area contributed by atoms with Gasteiger partial charge in [0.05, 0.1) is 7.11 Å². The van der Waals surface area contributed by atoms with Gasteiger partial charge in [0.25, 0.3) is 0 Å². The Morgan fingerprint density at radius 1 is 1.33 bits per heavy atom. The van der Waals surface area contributed by atoms with E-state index in [-0.39, 0.29) is 5.91 Å². The van der Waals surface area contributed by atoms with Crippen molar-refractivity contribution in [2.45, 2.75) is 6.42 Å². The number of ether oxygens (including phenoxy) is 1. The zero-order chi connectivity index (χ0) is 14.9. The van der Waals surface area contributed by atoms with Crippen molar-refractivity contribution in [3.63, 3.8) is 0 Å². The first kappa shape index (κ1) is 14.8. The lowest BCUT2D eigenvalue weighted by Gasteiger charge is -2.05. The van der Waals surface area contributed by atoms with E-state index in [1.165, 1.54) is 6.08 Å². The van der Waals surface area contributed by atoms with Crippen LogP contribution in [0.5, 0.6) is 5.75 Å². The molecule has 4 heteroatoms. The van der Waals surface area contributed by atoms with Crippen LogP contribution < -0.4 is 10.1 Å². The first-order valence-corrected chi connectivity index (χ1v) is 6.77. The molecule has 0 bridgehead atoms. The molecular formula is C17H18N2O2. The second-order valence-electron chi connectivity index (χ2n) is 4.51. The molecule has 108 valence electrons. The summed E-state index contributed by atoms with van der Waals surface area (Å²) in [7, 11) is 1.64. The van der Waals surface area contributed by atoms with Gasteiger partial charge in [-0.05, 0) is 41.8 Å². The van der Waals surface area contributed by atoms with Crippen LogP contribution in [0.3, 0.4) is 0 Å². The molecule has 1 amide bonds. The molecule has 1 aromatic carbocycles. The number of benzene rings is 1. The van der Waals surface area contributed by atoms with E-state index >= 15 is 0 Å². The van der Waals surface area contributed by atoms with Gasteiger partial charge >= 0.3 is 0 Å². The summed E-state index contributed by atoms with van der Waals surface area (Å²) < 4.78 is 5.17. The molecule has 0 unspecified atom stereocenters. The Balaban J connectivity index is 1.78. The Kier molecular flexibility index (Phi) is 5.52. The van der Waals surface area contributed by atoms with Crippen molar-refractivity contribution in [3.05, 3.63) is 66.0 Å². The van der Waals surface area contributed by atoms with E-state index in [2.05, 4.69) is 10.3 Å². The molecule has 0 aliphatic rings. The van der Waals surface area contributed by atoms with Gasteiger partial charge in [-0.2, -0.15) is 0 Å². The lowest BCUT2D eigenvalue weighted by Crippen LogP contribution is -2.23. The Bertz CT molecular complexity index is 609. The largest absolute Gasteiger partial charge is 0.497 e. The first-order valence-electron chi connectivity index (χ1n) is 6.77. The van der Waals surface area contributed by atoms with Crippen LogP contribution >= 0.6 is 0 Å². The standard InChI is InChI=1S/C17H18N2O2/c1-21-16-6-2-4-14(12-16)9-11-19-17(20)8-7-15-5-3-10-18-13-15/h2-8,10,12-13H,9,11H2,1H3,(H,19,20)/b8-7+. The summed E-state index contributed by atoms with van der Waals surface area (Å²) in [6.45, 7) is 0.587. The molecule has 2 rings (SSSR count). The predicted molar refractivity (Wildman–Crippen MR) is 83.0 cm³/mol. The number of amides is 1. The predicted octanol–water partition coefficient (Wildman–Crippen LogP) is 2.46. The summed E-state index contributed by atoms with van der Waals surface area (Å²) in [6.07, 6.45) is 7.44. The van der Waals surface area contributed by atoms with E-state index in [0.717, 1.165) is 23.3 Å². The van der Waals surface area contributed by atoms with Crippen LogP contribution in [-0.4, -0.2) is 24.5 Å². The Labute approximate surface area is 124 Å². The van der Waals surface area contributed by atoms with Crippen molar-refractivity contribution in [2.75, 3.05) is 13.7 Å². The number of carbonyl (C=O) groups is 1. The fourth-order valence-corrected chi connectivity index (χ4v) is 1.86. The van der Waals surface area contributed by atoms with Gasteiger partial charge in [0, 0.05) is 25.0 Å². The third-order valence-corrected chi connectivity index (χ3v) is 2.96. The summed E-state index contributed by atoms with van der Waals surface area (Å²) in [6, 6.07) is 11.6. The summed E-state index contributed by atoms with van der Waals surface area (Å²) >= 11 is 0. The lowest BCUT2D eigenvalue weighted by atomic mass is 10.1. The van der Waals surface area contributed by atoms with Crippen molar-refractivity contribution < 1.29 is 9.53 Å². The highest BCUT2D eigenvalue weighted by molar-refractivity contribution is 5.91. The van der Waals surface area contributed by atoms with Crippen LogP contribution in [0.2, 0.25) is 0 Å². The third kappa shape index (κ3) is 5.10. The van der Waals surface area contributed by atoms with Gasteiger partial charge in [-0.1, -0.05) is 18.2 Å². The Morgan fingerprint density at radius 3 is 3.00 bits per heavy atom. The molecule has 1 aromatic heterocycles. The number of methoxy groups -OCH3 is 1. The molecular weight excluding hydrogens is 264 g/mol. The normalized spacial score (nSPS) is 10.5. The minimum atomic E-state index is -0.109. The first-order chi connectivity index (χ1) is 10.3. The van der Waals surface area contributed by atoms with Crippen LogP contribution in [0.15, 0.2) is 54.9 Å². The number of hydrogen-bond acceptors (Lipinski definition) is 3. The maximum atomic E-state index is 11.7. The van der Waals surface area contributed by atoms with Crippen molar-refractivity contribution >= 4 is 12.0 Å². The van der Waals surface area contributed by atoms with E-state index < -0.39 is 0 Å². The van der Waals surface area contributed by atoms with Crippen LogP contribution in [-0.2, 0) is 11.2 Å². The molecule has 0 aliphatic carbocycles. The average Bonchev–Trinajstić information content (AvgIpc) is 2.54. The molecule has 0 atom stereocenters. The quantitative estimate of drug-likeness (QED) is 0.828. The zero-order valence-electron chi connectivity index (χ0n) is 12.0. The third-order valence-electron chi connectivity index (χ3n) is 2.96. The van der Waals surface area contributed by atoms with Crippen LogP contribution in [0.25, 0.3) is 6.08 Å². The van der Waals surface area contributed by atoms with Crippen molar-refractivity contribution in [2.24, 2.45) is 0 Å². The molecule has 1 N–H and O–H groups in total. The van der Waals surface area contributed by atoms with Gasteiger partial charge in [0.15, 0.2) is 0 Å². The topological polar surface area (TPSA) is 51.2 Å². The number of aromatic nitrogens is 1. The number of nitrogens with zero attached hydrogens (tertiary/aromatic N) is 1. The van der Waals surface area contributed by atoms with E-state index in [1.54, 1.807) is 25.6 Å². The number of nitrogens with one attached hydrogen (secondary N) is 1. The fourth-order valence-electron chi connectivity index (χ4n) is 1.86. The van der Waals surface area contributed by atoms with Gasteiger partial charge < -0.3 is 10.1 Å². The molecule has 0 saturated heterocycles. The second-order valence-corrected chi connectivity index (χ2v) is 4.51. The average molecular weight is 282 g/mol. The van der Waals surface area contributed by atoms with Gasteiger partial charge in [0.1, 0.15) is 5.75 Å². The molecule has 0 spiro atoms. The molecule has 0 saturated carbocycles. The van der Waals surface area contributed by atoms with Crippen molar-refractivity contribution in [1.82, 2.24) is 10.3 Å². The van der Waals surface area contributed by atoms with Crippen molar-refractivity contribution in [3.8, 4) is 5.75 Å². The summed E-state index contributed by atoms with van der Waals surface area (Å²) in [4.78, 5) is 15.7. The fraction of sp³-hybridized carbons (Fsp3) is 0.176. The number of carbonyl (C=O) groups excluding carboxylic acids is 1. The maximum absolute atomic E-state index is 11.7. The molecule has 0 aliphatic heterocycles. The number of pyridine rings is 1. The Hall–Kier alpha value is -2.62. The van der Waals surface area contributed by atoms with Crippen molar-refractivity contribution in [1.29, 1.82) is 0 Å². The highest BCUT2D eigenvalue weighted by atomic mass is 16.5. The van der Waals surface area contributed by atoms with Gasteiger partial charge in [-0.3, -0.25) is 9.78 Å². The zero-order valence-corrected chi connectivity index (χ0v) is 12.0. The summed E-state index contributed by atoms with van der Waals surface area (Å²) in [5, 5.41) is 2.85. The van der Waals surface area contributed by atoms with Gasteiger partial charge in [-0.25, -0.2) is 0 Å². The van der Waals surface area contributed by atoms with E-state index in [1.807, 2.05) is 36.4 Å².